The number of thiazole rings is 1. The summed E-state index contributed by atoms with van der Waals surface area (Å²) < 4.78 is 17.7. The molecule has 37 heavy (non-hydrogen) atoms. The number of aromatic nitrogens is 3. The predicted octanol–water partition coefficient (Wildman–Crippen LogP) is 0.847. The van der Waals surface area contributed by atoms with Gasteiger partial charge in [-0.3, -0.25) is 14.5 Å². The summed E-state index contributed by atoms with van der Waals surface area (Å²) in [6.45, 7) is 0.0635. The highest BCUT2D eigenvalue weighted by molar-refractivity contribution is 8.00. The Kier molecular flexibility index (Phi) is 6.51. The van der Waals surface area contributed by atoms with Gasteiger partial charge in [0, 0.05) is 11.3 Å². The van der Waals surface area contributed by atoms with Crippen LogP contribution in [0.5, 0.6) is 0 Å². The Morgan fingerprint density at radius 3 is 2.92 bits per heavy atom. The molecule has 0 bridgehead atoms. The van der Waals surface area contributed by atoms with E-state index in [2.05, 4.69) is 15.5 Å². The van der Waals surface area contributed by atoms with Crippen molar-refractivity contribution in [1.82, 2.24) is 19.6 Å². The maximum absolute atomic E-state index is 14.4. The van der Waals surface area contributed by atoms with E-state index in [1.807, 2.05) is 0 Å². The number of imidazole rings is 1. The topological polar surface area (TPSA) is 156 Å². The Morgan fingerprint density at radius 1 is 1.46 bits per heavy atom. The molecule has 0 saturated carbocycles. The average Bonchev–Trinajstić information content (AvgIpc) is 3.42. The summed E-state index contributed by atoms with van der Waals surface area (Å²) in [4.78, 5) is 48.1. The first-order valence-corrected chi connectivity index (χ1v) is 12.8. The molecule has 1 saturated heterocycles. The summed E-state index contributed by atoms with van der Waals surface area (Å²) in [6.07, 6.45) is 4.96. The van der Waals surface area contributed by atoms with Crippen molar-refractivity contribution in [1.29, 1.82) is 0 Å². The number of nitrogens with one attached hydrogen (secondary N) is 1. The lowest BCUT2D eigenvalue weighted by Crippen LogP contribution is -2.71. The highest BCUT2D eigenvalue weighted by Gasteiger charge is 2.54. The number of anilines is 1. The molecule has 0 spiro atoms. The van der Waals surface area contributed by atoms with Gasteiger partial charge in [0.2, 0.25) is 5.82 Å². The number of hydrogen-bond acceptors (Lipinski definition) is 9. The third kappa shape index (κ3) is 4.28. The third-order valence-corrected chi connectivity index (χ3v) is 8.17. The number of carboxylic acid groups (broad SMARTS) is 1. The number of β-lactam (4-membered cyclic amide) rings is 1. The van der Waals surface area contributed by atoms with Crippen molar-refractivity contribution in [3.8, 4) is 0 Å². The van der Waals surface area contributed by atoms with Crippen molar-refractivity contribution in [2.45, 2.75) is 18.0 Å². The van der Waals surface area contributed by atoms with Crippen molar-refractivity contribution in [3.05, 3.63) is 57.8 Å². The Morgan fingerprint density at radius 2 is 2.24 bits per heavy atom. The lowest BCUT2D eigenvalue weighted by atomic mass is 10.0. The van der Waals surface area contributed by atoms with E-state index in [9.17, 15) is 23.9 Å². The van der Waals surface area contributed by atoms with Crippen LogP contribution in [0, 0.1) is 5.82 Å². The minimum atomic E-state index is -1.30. The summed E-state index contributed by atoms with van der Waals surface area (Å²) in [5.41, 5.74) is 5.88. The summed E-state index contributed by atoms with van der Waals surface area (Å²) in [5.74, 6) is -2.92. The Bertz CT molecular complexity index is 1520. The first kappa shape index (κ1) is 25.0. The second-order valence-corrected chi connectivity index (χ2v) is 10.7. The molecule has 1 fully saturated rings. The van der Waals surface area contributed by atoms with E-state index in [1.165, 1.54) is 24.9 Å². The lowest BCUT2D eigenvalue weighted by molar-refractivity contribution is -0.663. The number of nitrogens with two attached hydrogens (primary N) is 1. The van der Waals surface area contributed by atoms with Crippen molar-refractivity contribution >= 4 is 69.0 Å². The molecule has 2 amide bonds. The van der Waals surface area contributed by atoms with Gasteiger partial charge < -0.3 is 21.0 Å². The van der Waals surface area contributed by atoms with Crippen LogP contribution in [0.15, 0.2) is 47.1 Å². The van der Waals surface area contributed by atoms with Crippen molar-refractivity contribution in [3.63, 3.8) is 0 Å². The fourth-order valence-electron chi connectivity index (χ4n) is 4.21. The van der Waals surface area contributed by atoms with Gasteiger partial charge >= 0.3 is 11.6 Å². The molecular formula is C21H18ClFN7O5S2+. The molecule has 5 rings (SSSR count). The zero-order valence-electron chi connectivity index (χ0n) is 18.9. The highest BCUT2D eigenvalue weighted by Crippen LogP contribution is 2.40. The van der Waals surface area contributed by atoms with Crippen LogP contribution in [0.4, 0.5) is 9.52 Å². The molecule has 2 aliphatic heterocycles. The number of halogens is 2. The van der Waals surface area contributed by atoms with Crippen LogP contribution >= 0.6 is 34.7 Å². The minimum absolute atomic E-state index is 0.000834. The molecule has 0 aliphatic carbocycles. The number of amides is 2. The molecule has 192 valence electrons. The molecule has 0 radical (unpaired) electrons. The Labute approximate surface area is 221 Å². The van der Waals surface area contributed by atoms with E-state index >= 15 is 0 Å². The minimum Gasteiger partial charge on any atom is -0.477 e. The smallest absolute Gasteiger partial charge is 0.352 e. The quantitative estimate of drug-likeness (QED) is 0.164. The van der Waals surface area contributed by atoms with Gasteiger partial charge in [0.05, 0.1) is 6.20 Å². The largest absolute Gasteiger partial charge is 0.477 e. The molecule has 5 heterocycles. The fourth-order valence-corrected chi connectivity index (χ4v) is 6.48. The number of oxime groups is 1. The highest BCUT2D eigenvalue weighted by atomic mass is 35.5. The first-order chi connectivity index (χ1) is 17.7. The fraction of sp³-hybridized carbons (Fsp3) is 0.238. The molecule has 3 aromatic rings. The van der Waals surface area contributed by atoms with E-state index < -0.39 is 35.0 Å². The lowest BCUT2D eigenvalue weighted by Gasteiger charge is -2.49. The van der Waals surface area contributed by atoms with Gasteiger partial charge in [-0.05, 0) is 12.1 Å². The molecule has 4 N–H and O–H groups in total. The van der Waals surface area contributed by atoms with Gasteiger partial charge in [-0.2, -0.15) is 4.39 Å². The van der Waals surface area contributed by atoms with Crippen LogP contribution in [0.25, 0.3) is 5.65 Å². The van der Waals surface area contributed by atoms with Crippen LogP contribution in [0.1, 0.15) is 5.69 Å². The average molecular weight is 567 g/mol. The number of carbonyl (C=O) groups excluding carboxylic acids is 2. The normalized spacial score (nSPS) is 19.6. The first-order valence-electron chi connectivity index (χ1n) is 10.6. The van der Waals surface area contributed by atoms with E-state index in [0.717, 1.165) is 16.2 Å². The van der Waals surface area contributed by atoms with E-state index in [-0.39, 0.29) is 44.5 Å². The van der Waals surface area contributed by atoms with E-state index in [1.54, 1.807) is 33.6 Å². The number of fused-ring (bicyclic) bond motifs is 2. The Hall–Kier alpha value is -3.69. The molecular weight excluding hydrogens is 549 g/mol. The number of carboxylic acids is 1. The number of thioether (sulfide) groups is 1. The summed E-state index contributed by atoms with van der Waals surface area (Å²) in [7, 11) is 1.23. The standard InChI is InChI=1S/C21H17ClFN7O5S2/c1-35-27-12(11-15(22)37-21(24)26-11)16(31)25-13-18(32)30-14(20(33)34)9(8-36-19(13)30)7-29-6-5-28-4-2-3-10(23)17(28)29/h2-6,13,19H,7-8H2,1H3,(H3-,24,25,26,31,33,34)/p+1/t13-,19+/m1/s1. The second-order valence-electron chi connectivity index (χ2n) is 7.93. The number of nitrogens with zero attached hydrogens (tertiary/aromatic N) is 5. The van der Waals surface area contributed by atoms with E-state index in [4.69, 9.17) is 22.2 Å². The molecule has 16 heteroatoms. The van der Waals surface area contributed by atoms with Crippen molar-refractivity contribution in [2.24, 2.45) is 5.16 Å². The van der Waals surface area contributed by atoms with Gasteiger partial charge in [-0.25, -0.2) is 18.7 Å². The number of nitrogen functional groups attached to an aromatic ring is 1. The monoisotopic (exact) mass is 566 g/mol. The van der Waals surface area contributed by atoms with Crippen molar-refractivity contribution in [2.75, 3.05) is 18.6 Å². The predicted molar refractivity (Wildman–Crippen MR) is 132 cm³/mol. The summed E-state index contributed by atoms with van der Waals surface area (Å²) in [6, 6.07) is 1.85. The second kappa shape index (κ2) is 9.64. The number of hydrogen-bond donors (Lipinski definition) is 3. The maximum atomic E-state index is 14.4. The Balaban J connectivity index is 1.39. The van der Waals surface area contributed by atoms with Gasteiger partial charge in [0.25, 0.3) is 11.8 Å². The van der Waals surface area contributed by atoms with Crippen LogP contribution < -0.4 is 15.6 Å². The van der Waals surface area contributed by atoms with Crippen molar-refractivity contribution < 1.29 is 33.3 Å². The molecule has 2 atom stereocenters. The maximum Gasteiger partial charge on any atom is 0.352 e. The van der Waals surface area contributed by atoms with Crippen LogP contribution in [0.3, 0.4) is 0 Å². The number of rotatable bonds is 7. The van der Waals surface area contributed by atoms with Crippen LogP contribution in [0.2, 0.25) is 4.34 Å². The number of aliphatic carboxylic acids is 1. The number of carbonyl (C=O) groups is 3. The molecule has 0 unspecified atom stereocenters. The zero-order valence-corrected chi connectivity index (χ0v) is 21.3. The van der Waals surface area contributed by atoms with Gasteiger partial charge in [0.15, 0.2) is 10.8 Å². The molecule has 12 nitrogen and oxygen atoms in total. The molecule has 2 aliphatic rings. The SMILES string of the molecule is CON=C(C(=O)N[C@@H]1C(=O)N2C(C(=O)O)=C(C[n+]3ccn4cccc(F)c43)CS[C@@H]12)c1nc(N)sc1Cl. The molecule has 3 aromatic heterocycles. The van der Waals surface area contributed by atoms with Crippen LogP contribution in [-0.4, -0.2) is 67.2 Å². The zero-order chi connectivity index (χ0) is 26.4. The van der Waals surface area contributed by atoms with E-state index in [0.29, 0.717) is 5.57 Å². The third-order valence-electron chi connectivity index (χ3n) is 5.75. The summed E-state index contributed by atoms with van der Waals surface area (Å²) in [5, 5.41) is 15.6. The molecule has 0 aromatic carbocycles. The van der Waals surface area contributed by atoms with Gasteiger partial charge in [-0.1, -0.05) is 28.1 Å². The van der Waals surface area contributed by atoms with Gasteiger partial charge in [0.1, 0.15) is 53.2 Å². The van der Waals surface area contributed by atoms with Gasteiger partial charge in [-0.15, -0.1) is 11.8 Å². The van der Waals surface area contributed by atoms with Crippen LogP contribution in [-0.2, 0) is 25.8 Å². The summed E-state index contributed by atoms with van der Waals surface area (Å²) >= 11 is 8.32. The number of pyridine rings is 1.